The van der Waals surface area contributed by atoms with Crippen molar-refractivity contribution in [3.8, 4) is 0 Å². The number of nitrogens with two attached hydrogens (primary N) is 1. The van der Waals surface area contributed by atoms with E-state index in [1.807, 2.05) is 0 Å². The van der Waals surface area contributed by atoms with E-state index < -0.39 is 11.6 Å². The zero-order valence-corrected chi connectivity index (χ0v) is 12.1. The van der Waals surface area contributed by atoms with Crippen LogP contribution in [0.1, 0.15) is 19.5 Å². The Morgan fingerprint density at radius 2 is 2.25 bits per heavy atom. The van der Waals surface area contributed by atoms with Gasteiger partial charge in [-0.3, -0.25) is 14.7 Å². The van der Waals surface area contributed by atoms with Gasteiger partial charge in [0, 0.05) is 18.7 Å². The van der Waals surface area contributed by atoms with Crippen molar-refractivity contribution in [2.45, 2.75) is 19.4 Å². The van der Waals surface area contributed by atoms with Crippen molar-refractivity contribution in [1.29, 1.82) is 0 Å². The minimum absolute atomic E-state index is 0.169. The molecule has 3 amide bonds. The lowest BCUT2D eigenvalue weighted by atomic mass is 9.97. The molecular weight excluding hydrogens is 276 g/mol. The first-order valence-corrected chi connectivity index (χ1v) is 6.62. The number of nitrogens with zero attached hydrogens (tertiary/aromatic N) is 2. The van der Waals surface area contributed by atoms with Crippen molar-refractivity contribution in [2.24, 2.45) is 11.7 Å². The molecule has 0 aliphatic carbocycles. The van der Waals surface area contributed by atoms with Gasteiger partial charge in [-0.15, -0.1) is 0 Å². The summed E-state index contributed by atoms with van der Waals surface area (Å²) in [4.78, 5) is 30.1. The van der Waals surface area contributed by atoms with Crippen LogP contribution in [0.3, 0.4) is 0 Å². The van der Waals surface area contributed by atoms with E-state index in [0.29, 0.717) is 5.69 Å². The van der Waals surface area contributed by atoms with Crippen molar-refractivity contribution in [1.82, 2.24) is 15.2 Å². The molecule has 0 radical (unpaired) electrons. The molecule has 1 aliphatic heterocycles. The zero-order valence-electron chi connectivity index (χ0n) is 11.3. The number of carbonyl (C=O) groups excluding carboxylic acids is 2. The van der Waals surface area contributed by atoms with Gasteiger partial charge in [-0.2, -0.15) is 0 Å². The Hall–Kier alpha value is -2.02. The Bertz CT molecular complexity index is 563. The third-order valence-electron chi connectivity index (χ3n) is 3.39. The Labute approximate surface area is 122 Å². The molecule has 7 heteroatoms. The van der Waals surface area contributed by atoms with Gasteiger partial charge in [0.1, 0.15) is 0 Å². The maximum absolute atomic E-state index is 12.5. The molecule has 0 aromatic carbocycles. The van der Waals surface area contributed by atoms with Gasteiger partial charge in [0.05, 0.1) is 10.7 Å². The molecule has 2 unspecified atom stereocenters. The Balaban J connectivity index is 2.27. The number of nitrogens with one attached hydrogen (secondary N) is 1. The molecule has 3 N–H and O–H groups in total. The lowest BCUT2D eigenvalue weighted by Crippen LogP contribution is -2.42. The summed E-state index contributed by atoms with van der Waals surface area (Å²) in [7, 11) is 0. The lowest BCUT2D eigenvalue weighted by Gasteiger charge is -2.22. The monoisotopic (exact) mass is 292 g/mol. The van der Waals surface area contributed by atoms with Gasteiger partial charge in [-0.25, -0.2) is 4.79 Å². The quantitative estimate of drug-likeness (QED) is 0.632. The summed E-state index contributed by atoms with van der Waals surface area (Å²) < 4.78 is 0. The normalized spacial score (nSPS) is 23.6. The molecule has 20 heavy (non-hydrogen) atoms. The standard InChI is InChI=1S/C13H16N4O2S/c1-8(10(14)20)7-17-11(18)13(2,16-12(17)19)9-5-3-4-6-15-9/h3-6,8H,7H2,1-2H3,(H2,14,20)(H,16,19). The van der Waals surface area contributed by atoms with Crippen LogP contribution in [0.15, 0.2) is 24.4 Å². The number of imide groups is 1. The van der Waals surface area contributed by atoms with Crippen LogP contribution >= 0.6 is 12.2 Å². The molecule has 2 atom stereocenters. The number of carbonyl (C=O) groups is 2. The number of aromatic nitrogens is 1. The van der Waals surface area contributed by atoms with E-state index in [4.69, 9.17) is 18.0 Å². The number of hydrogen-bond acceptors (Lipinski definition) is 4. The van der Waals surface area contributed by atoms with Gasteiger partial charge in [0.15, 0.2) is 5.54 Å². The molecule has 1 saturated heterocycles. The van der Waals surface area contributed by atoms with E-state index >= 15 is 0 Å². The predicted molar refractivity (Wildman–Crippen MR) is 77.8 cm³/mol. The summed E-state index contributed by atoms with van der Waals surface area (Å²) in [6, 6.07) is 4.78. The van der Waals surface area contributed by atoms with Crippen LogP contribution in [0.2, 0.25) is 0 Å². The molecular formula is C13H16N4O2S. The van der Waals surface area contributed by atoms with E-state index in [2.05, 4.69) is 10.3 Å². The largest absolute Gasteiger partial charge is 0.393 e. The predicted octanol–water partition coefficient (Wildman–Crippen LogP) is 0.771. The molecule has 0 bridgehead atoms. The molecule has 6 nitrogen and oxygen atoms in total. The van der Waals surface area contributed by atoms with E-state index in [1.165, 1.54) is 0 Å². The average Bonchev–Trinajstić information content (AvgIpc) is 2.64. The molecule has 0 saturated carbocycles. The molecule has 1 aliphatic rings. The first kappa shape index (κ1) is 14.4. The highest BCUT2D eigenvalue weighted by molar-refractivity contribution is 7.80. The van der Waals surface area contributed by atoms with Gasteiger partial charge in [0.2, 0.25) is 0 Å². The zero-order chi connectivity index (χ0) is 14.9. The van der Waals surface area contributed by atoms with Gasteiger partial charge >= 0.3 is 6.03 Å². The number of pyridine rings is 1. The maximum Gasteiger partial charge on any atom is 0.325 e. The first-order chi connectivity index (χ1) is 9.36. The Morgan fingerprint density at radius 3 is 2.80 bits per heavy atom. The third kappa shape index (κ3) is 2.36. The SMILES string of the molecule is CC(CN1C(=O)NC(C)(c2ccccn2)C1=O)C(N)=S. The second kappa shape index (κ2) is 5.16. The van der Waals surface area contributed by atoms with Crippen LogP contribution < -0.4 is 11.1 Å². The van der Waals surface area contributed by atoms with Crippen molar-refractivity contribution < 1.29 is 9.59 Å². The summed E-state index contributed by atoms with van der Waals surface area (Å²) in [5.41, 5.74) is 4.89. The number of thiocarbonyl (C=S) groups is 1. The van der Waals surface area contributed by atoms with E-state index in [0.717, 1.165) is 4.90 Å². The number of amides is 3. The number of urea groups is 1. The fourth-order valence-corrected chi connectivity index (χ4v) is 2.13. The molecule has 2 rings (SSSR count). The lowest BCUT2D eigenvalue weighted by molar-refractivity contribution is -0.131. The summed E-state index contributed by atoms with van der Waals surface area (Å²) in [5.74, 6) is -0.574. The molecule has 0 spiro atoms. The second-order valence-electron chi connectivity index (χ2n) is 4.99. The molecule has 1 aromatic rings. The van der Waals surface area contributed by atoms with Crippen molar-refractivity contribution in [3.63, 3.8) is 0 Å². The maximum atomic E-state index is 12.5. The number of hydrogen-bond donors (Lipinski definition) is 2. The van der Waals surface area contributed by atoms with Gasteiger partial charge in [0.25, 0.3) is 5.91 Å². The van der Waals surface area contributed by atoms with E-state index in [-0.39, 0.29) is 23.4 Å². The molecule has 2 heterocycles. The topological polar surface area (TPSA) is 88.3 Å². The highest BCUT2D eigenvalue weighted by Crippen LogP contribution is 2.27. The van der Waals surface area contributed by atoms with Gasteiger partial charge in [-0.05, 0) is 19.1 Å². The van der Waals surface area contributed by atoms with Crippen LogP contribution in [0.4, 0.5) is 4.79 Å². The van der Waals surface area contributed by atoms with Gasteiger partial charge < -0.3 is 11.1 Å². The van der Waals surface area contributed by atoms with Crippen molar-refractivity contribution >= 4 is 29.1 Å². The summed E-state index contributed by atoms with van der Waals surface area (Å²) >= 11 is 4.88. The summed E-state index contributed by atoms with van der Waals surface area (Å²) in [6.07, 6.45) is 1.58. The van der Waals surface area contributed by atoms with E-state index in [9.17, 15) is 9.59 Å². The third-order valence-corrected chi connectivity index (χ3v) is 3.80. The van der Waals surface area contributed by atoms with Crippen LogP contribution in [-0.4, -0.2) is 33.4 Å². The van der Waals surface area contributed by atoms with Crippen LogP contribution in [0.5, 0.6) is 0 Å². The van der Waals surface area contributed by atoms with E-state index in [1.54, 1.807) is 38.2 Å². The molecule has 1 aromatic heterocycles. The Kier molecular flexibility index (Phi) is 3.71. The molecule has 106 valence electrons. The smallest absolute Gasteiger partial charge is 0.325 e. The number of rotatable bonds is 4. The highest BCUT2D eigenvalue weighted by atomic mass is 32.1. The van der Waals surface area contributed by atoms with Crippen molar-refractivity contribution in [2.75, 3.05) is 6.54 Å². The first-order valence-electron chi connectivity index (χ1n) is 6.21. The fraction of sp³-hybridized carbons (Fsp3) is 0.385. The Morgan fingerprint density at radius 1 is 1.55 bits per heavy atom. The minimum Gasteiger partial charge on any atom is -0.393 e. The van der Waals surface area contributed by atoms with Gasteiger partial charge in [-0.1, -0.05) is 25.2 Å². The second-order valence-corrected chi connectivity index (χ2v) is 5.46. The van der Waals surface area contributed by atoms with Crippen LogP contribution in [0.25, 0.3) is 0 Å². The van der Waals surface area contributed by atoms with Crippen molar-refractivity contribution in [3.05, 3.63) is 30.1 Å². The molecule has 1 fully saturated rings. The summed E-state index contributed by atoms with van der Waals surface area (Å²) in [5, 5.41) is 2.68. The fourth-order valence-electron chi connectivity index (χ4n) is 2.06. The summed E-state index contributed by atoms with van der Waals surface area (Å²) in [6.45, 7) is 3.59. The highest BCUT2D eigenvalue weighted by Gasteiger charge is 2.50. The minimum atomic E-state index is -1.14. The van der Waals surface area contributed by atoms with Crippen LogP contribution in [0, 0.1) is 5.92 Å². The van der Waals surface area contributed by atoms with Crippen LogP contribution in [-0.2, 0) is 10.3 Å². The average molecular weight is 292 g/mol.